The standard InChI is InChI=1S/C20H38N6O2/c1-6-20(5)17(27)26(19(28)23-20)13-10-12-22-18(21-7-2)25-14-11-16(15-25)24(8-3)9-4/h16H,6-15H2,1-5H3,(H,21,22)(H,23,28). The summed E-state index contributed by atoms with van der Waals surface area (Å²) in [5.74, 6) is 0.810. The highest BCUT2D eigenvalue weighted by Gasteiger charge is 2.45. The van der Waals surface area contributed by atoms with Crippen LogP contribution in [0.1, 0.15) is 53.9 Å². The smallest absolute Gasteiger partial charge is 0.325 e. The number of hydrogen-bond acceptors (Lipinski definition) is 4. The first-order valence-corrected chi connectivity index (χ1v) is 10.8. The summed E-state index contributed by atoms with van der Waals surface area (Å²) in [7, 11) is 0. The van der Waals surface area contributed by atoms with E-state index in [1.807, 2.05) is 6.92 Å². The Balaban J connectivity index is 1.88. The van der Waals surface area contributed by atoms with E-state index >= 15 is 0 Å². The third-order valence-corrected chi connectivity index (χ3v) is 5.98. The first kappa shape index (κ1) is 22.5. The van der Waals surface area contributed by atoms with Crippen molar-refractivity contribution in [2.24, 2.45) is 4.99 Å². The third kappa shape index (κ3) is 4.96. The number of carbonyl (C=O) groups excluding carboxylic acids is 2. The molecule has 2 aliphatic rings. The predicted octanol–water partition coefficient (Wildman–Crippen LogP) is 1.48. The van der Waals surface area contributed by atoms with Crippen molar-refractivity contribution in [1.82, 2.24) is 25.3 Å². The normalized spacial score (nSPS) is 25.8. The molecule has 0 aromatic carbocycles. The molecule has 2 fully saturated rings. The SMILES string of the molecule is CCNC(=NCCCN1C(=O)NC(C)(CC)C1=O)N1CCC(N(CC)CC)C1. The van der Waals surface area contributed by atoms with Gasteiger partial charge in [-0.15, -0.1) is 0 Å². The topological polar surface area (TPSA) is 80.3 Å². The molecule has 2 rings (SSSR count). The fourth-order valence-corrected chi connectivity index (χ4v) is 4.00. The van der Waals surface area contributed by atoms with Gasteiger partial charge in [-0.25, -0.2) is 4.79 Å². The van der Waals surface area contributed by atoms with Crippen LogP contribution >= 0.6 is 0 Å². The van der Waals surface area contributed by atoms with Crippen molar-refractivity contribution in [3.63, 3.8) is 0 Å². The molecule has 2 atom stereocenters. The Morgan fingerprint density at radius 1 is 1.29 bits per heavy atom. The Bertz CT molecular complexity index is 577. The second-order valence-electron chi connectivity index (χ2n) is 7.77. The Morgan fingerprint density at radius 2 is 2.00 bits per heavy atom. The molecule has 2 unspecified atom stereocenters. The van der Waals surface area contributed by atoms with Crippen molar-refractivity contribution in [1.29, 1.82) is 0 Å². The molecule has 160 valence electrons. The van der Waals surface area contributed by atoms with Gasteiger partial charge in [0.05, 0.1) is 0 Å². The van der Waals surface area contributed by atoms with Crippen molar-refractivity contribution in [3.8, 4) is 0 Å². The number of likely N-dealkylation sites (N-methyl/N-ethyl adjacent to an activating group) is 1. The number of likely N-dealkylation sites (tertiary alicyclic amines) is 1. The number of imide groups is 1. The van der Waals surface area contributed by atoms with E-state index in [9.17, 15) is 9.59 Å². The Hall–Kier alpha value is -1.83. The summed E-state index contributed by atoms with van der Waals surface area (Å²) in [5, 5.41) is 6.18. The monoisotopic (exact) mass is 394 g/mol. The van der Waals surface area contributed by atoms with Crippen molar-refractivity contribution in [3.05, 3.63) is 0 Å². The van der Waals surface area contributed by atoms with Gasteiger partial charge in [0.2, 0.25) is 0 Å². The number of urea groups is 1. The van der Waals surface area contributed by atoms with Gasteiger partial charge in [-0.1, -0.05) is 20.8 Å². The van der Waals surface area contributed by atoms with Crippen molar-refractivity contribution < 1.29 is 9.59 Å². The van der Waals surface area contributed by atoms with Crippen molar-refractivity contribution in [2.75, 3.05) is 45.8 Å². The molecule has 0 aliphatic carbocycles. The van der Waals surface area contributed by atoms with Gasteiger partial charge in [0, 0.05) is 38.8 Å². The van der Waals surface area contributed by atoms with Crippen LogP contribution in [0.4, 0.5) is 4.79 Å². The molecule has 2 heterocycles. The molecular formula is C20H38N6O2. The second kappa shape index (κ2) is 10.1. The first-order chi connectivity index (χ1) is 13.4. The number of nitrogens with one attached hydrogen (secondary N) is 2. The van der Waals surface area contributed by atoms with Crippen LogP contribution in [0.3, 0.4) is 0 Å². The summed E-state index contributed by atoms with van der Waals surface area (Å²) in [5.41, 5.74) is -0.760. The lowest BCUT2D eigenvalue weighted by Gasteiger charge is -2.27. The van der Waals surface area contributed by atoms with Crippen molar-refractivity contribution in [2.45, 2.75) is 65.5 Å². The third-order valence-electron chi connectivity index (χ3n) is 5.98. The molecular weight excluding hydrogens is 356 g/mol. The fraction of sp³-hybridized carbons (Fsp3) is 0.850. The van der Waals surface area contributed by atoms with E-state index in [0.29, 0.717) is 32.0 Å². The van der Waals surface area contributed by atoms with Crippen LogP contribution in [0.15, 0.2) is 4.99 Å². The highest BCUT2D eigenvalue weighted by molar-refractivity contribution is 6.06. The molecule has 2 aliphatic heterocycles. The Kier molecular flexibility index (Phi) is 8.10. The maximum Gasteiger partial charge on any atom is 0.325 e. The minimum Gasteiger partial charge on any atom is -0.357 e. The lowest BCUT2D eigenvalue weighted by atomic mass is 9.99. The molecule has 8 heteroatoms. The predicted molar refractivity (Wildman–Crippen MR) is 112 cm³/mol. The number of hydrogen-bond donors (Lipinski definition) is 2. The van der Waals surface area contributed by atoms with E-state index in [1.165, 1.54) is 4.90 Å². The molecule has 0 aromatic rings. The molecule has 0 spiro atoms. The van der Waals surface area contributed by atoms with Crippen LogP contribution in [-0.4, -0.2) is 90.0 Å². The zero-order chi connectivity index (χ0) is 20.7. The van der Waals surface area contributed by atoms with E-state index in [-0.39, 0.29) is 11.9 Å². The van der Waals surface area contributed by atoms with Crippen LogP contribution in [0.5, 0.6) is 0 Å². The first-order valence-electron chi connectivity index (χ1n) is 10.8. The van der Waals surface area contributed by atoms with Gasteiger partial charge < -0.3 is 15.5 Å². The summed E-state index contributed by atoms with van der Waals surface area (Å²) < 4.78 is 0. The van der Waals surface area contributed by atoms with Gasteiger partial charge in [-0.05, 0) is 46.2 Å². The Labute approximate surface area is 169 Å². The maximum absolute atomic E-state index is 12.4. The minimum atomic E-state index is -0.760. The molecule has 2 saturated heterocycles. The van der Waals surface area contributed by atoms with E-state index in [4.69, 9.17) is 4.99 Å². The van der Waals surface area contributed by atoms with Gasteiger partial charge in [0.25, 0.3) is 5.91 Å². The average Bonchev–Trinajstić information content (AvgIpc) is 3.24. The number of amides is 3. The van der Waals surface area contributed by atoms with E-state index in [0.717, 1.165) is 45.1 Å². The van der Waals surface area contributed by atoms with Gasteiger partial charge in [0.1, 0.15) is 5.54 Å². The second-order valence-corrected chi connectivity index (χ2v) is 7.77. The molecule has 0 saturated carbocycles. The quantitative estimate of drug-likeness (QED) is 0.268. The van der Waals surface area contributed by atoms with E-state index < -0.39 is 5.54 Å². The molecule has 0 aromatic heterocycles. The summed E-state index contributed by atoms with van der Waals surface area (Å²) in [6.07, 6.45) is 2.42. The average molecular weight is 395 g/mol. The van der Waals surface area contributed by atoms with Crippen LogP contribution in [-0.2, 0) is 4.79 Å². The van der Waals surface area contributed by atoms with Gasteiger partial charge >= 0.3 is 6.03 Å². The molecule has 0 bridgehead atoms. The highest BCUT2D eigenvalue weighted by Crippen LogP contribution is 2.21. The summed E-state index contributed by atoms with van der Waals surface area (Å²) >= 11 is 0. The molecule has 28 heavy (non-hydrogen) atoms. The largest absolute Gasteiger partial charge is 0.357 e. The van der Waals surface area contributed by atoms with Crippen LogP contribution in [0.25, 0.3) is 0 Å². The molecule has 2 N–H and O–H groups in total. The number of carbonyl (C=O) groups is 2. The highest BCUT2D eigenvalue weighted by atomic mass is 16.2. The number of guanidine groups is 1. The van der Waals surface area contributed by atoms with Gasteiger partial charge in [0.15, 0.2) is 5.96 Å². The minimum absolute atomic E-state index is 0.127. The van der Waals surface area contributed by atoms with Gasteiger partial charge in [-0.2, -0.15) is 0 Å². The Morgan fingerprint density at radius 3 is 2.57 bits per heavy atom. The molecule has 0 radical (unpaired) electrons. The summed E-state index contributed by atoms with van der Waals surface area (Å²) in [6, 6.07) is 0.295. The molecule has 8 nitrogen and oxygen atoms in total. The van der Waals surface area contributed by atoms with E-state index in [2.05, 4.69) is 41.2 Å². The van der Waals surface area contributed by atoms with Crippen LogP contribution in [0.2, 0.25) is 0 Å². The van der Waals surface area contributed by atoms with Crippen LogP contribution < -0.4 is 10.6 Å². The number of nitrogens with zero attached hydrogens (tertiary/aromatic N) is 4. The zero-order valence-electron chi connectivity index (χ0n) is 18.3. The number of aliphatic imine (C=N–C) groups is 1. The van der Waals surface area contributed by atoms with E-state index in [1.54, 1.807) is 6.92 Å². The lowest BCUT2D eigenvalue weighted by Crippen LogP contribution is -2.43. The zero-order valence-corrected chi connectivity index (χ0v) is 18.3. The molecule has 3 amide bonds. The van der Waals surface area contributed by atoms with Crippen LogP contribution in [0, 0.1) is 0 Å². The number of rotatable bonds is 9. The summed E-state index contributed by atoms with van der Waals surface area (Å²) in [6.45, 7) is 16.2. The summed E-state index contributed by atoms with van der Waals surface area (Å²) in [4.78, 5) is 35.5. The fourth-order valence-electron chi connectivity index (χ4n) is 4.00. The van der Waals surface area contributed by atoms with Crippen molar-refractivity contribution >= 4 is 17.9 Å². The van der Waals surface area contributed by atoms with Gasteiger partial charge in [-0.3, -0.25) is 19.6 Å². The lowest BCUT2D eigenvalue weighted by molar-refractivity contribution is -0.130. The maximum atomic E-state index is 12.4.